The first kappa shape index (κ1) is 21.8. The molecule has 0 saturated heterocycles. The number of benzene rings is 2. The van der Waals surface area contributed by atoms with Crippen LogP contribution in [0.2, 0.25) is 0 Å². The van der Waals surface area contributed by atoms with E-state index in [9.17, 15) is 0 Å². The smallest absolute Gasteiger partial charge is 0.124 e. The molecule has 0 saturated carbocycles. The maximum absolute atomic E-state index is 9.04. The van der Waals surface area contributed by atoms with Crippen molar-refractivity contribution in [1.82, 2.24) is 0 Å². The van der Waals surface area contributed by atoms with Gasteiger partial charge in [0.1, 0.15) is 11.5 Å². The van der Waals surface area contributed by atoms with Gasteiger partial charge in [-0.15, -0.1) is 0 Å². The van der Waals surface area contributed by atoms with Gasteiger partial charge in [0.15, 0.2) is 0 Å². The van der Waals surface area contributed by atoms with Crippen LogP contribution in [0.1, 0.15) is 11.1 Å². The fourth-order valence-corrected chi connectivity index (χ4v) is 1.32. The molecule has 0 fully saturated rings. The van der Waals surface area contributed by atoms with E-state index < -0.39 is 0 Å². The summed E-state index contributed by atoms with van der Waals surface area (Å²) in [5.74, 6) is 0.223. The molecule has 0 amide bonds. The molecule has 119 valence electrons. The van der Waals surface area contributed by atoms with E-state index in [0.29, 0.717) is 11.1 Å². The Morgan fingerprint density at radius 3 is 1.27 bits per heavy atom. The van der Waals surface area contributed by atoms with Crippen LogP contribution < -0.4 is 0 Å². The van der Waals surface area contributed by atoms with Crippen molar-refractivity contribution < 1.29 is 43.2 Å². The molecule has 0 bridgehead atoms. The van der Waals surface area contributed by atoms with Gasteiger partial charge in [-0.3, -0.25) is 0 Å². The van der Waals surface area contributed by atoms with E-state index in [0.717, 1.165) is 0 Å². The quantitative estimate of drug-likeness (QED) is 0.284. The SMILES string of the molecule is O.O/N=C/c1ccccc1O.O/N=C/c1ccccc1O.[Mn]. The fraction of sp³-hybridized carbons (Fsp3) is 0. The second-order valence-electron chi connectivity index (χ2n) is 3.61. The summed E-state index contributed by atoms with van der Waals surface area (Å²) in [7, 11) is 0. The molecule has 0 spiro atoms. The maximum atomic E-state index is 9.04. The number of nitrogens with zero attached hydrogens (tertiary/aromatic N) is 2. The maximum Gasteiger partial charge on any atom is 0.124 e. The molecular formula is C14H16MnN2O5. The summed E-state index contributed by atoms with van der Waals surface area (Å²) in [6.45, 7) is 0. The zero-order valence-electron chi connectivity index (χ0n) is 11.3. The molecule has 8 heteroatoms. The normalized spacial score (nSPS) is 9.45. The summed E-state index contributed by atoms with van der Waals surface area (Å²) in [5, 5.41) is 39.8. The minimum absolute atomic E-state index is 0. The average molecular weight is 347 g/mol. The standard InChI is InChI=1S/2C7H7NO2.Mn.H2O/c2*9-7-4-2-1-3-6(7)5-8-10;;/h2*1-5,9-10H;;1H2/b2*8-5+;;. The Bertz CT molecular complexity index is 552. The minimum atomic E-state index is 0. The molecule has 0 aliphatic carbocycles. The third-order valence-corrected chi connectivity index (χ3v) is 2.27. The van der Waals surface area contributed by atoms with E-state index in [-0.39, 0.29) is 34.0 Å². The van der Waals surface area contributed by atoms with Gasteiger partial charge < -0.3 is 26.1 Å². The van der Waals surface area contributed by atoms with Crippen molar-refractivity contribution in [2.45, 2.75) is 0 Å². The predicted molar refractivity (Wildman–Crippen MR) is 78.6 cm³/mol. The molecule has 2 aromatic carbocycles. The van der Waals surface area contributed by atoms with Gasteiger partial charge >= 0.3 is 0 Å². The van der Waals surface area contributed by atoms with Gasteiger partial charge in [0.2, 0.25) is 0 Å². The van der Waals surface area contributed by atoms with Crippen LogP contribution in [0.25, 0.3) is 0 Å². The number of hydrogen-bond donors (Lipinski definition) is 4. The zero-order chi connectivity index (χ0) is 14.8. The van der Waals surface area contributed by atoms with Gasteiger partial charge in [-0.05, 0) is 24.3 Å². The van der Waals surface area contributed by atoms with Crippen molar-refractivity contribution in [2.75, 3.05) is 0 Å². The number of rotatable bonds is 2. The Balaban J connectivity index is 0. The molecule has 0 aliphatic heterocycles. The van der Waals surface area contributed by atoms with Crippen LogP contribution in [-0.4, -0.2) is 38.5 Å². The molecular weight excluding hydrogens is 331 g/mol. The van der Waals surface area contributed by atoms with Gasteiger partial charge in [0.25, 0.3) is 0 Å². The Morgan fingerprint density at radius 2 is 1.00 bits per heavy atom. The summed E-state index contributed by atoms with van der Waals surface area (Å²) in [5.41, 5.74) is 1.01. The van der Waals surface area contributed by atoms with E-state index in [1.54, 1.807) is 36.4 Å². The molecule has 2 aromatic rings. The molecule has 22 heavy (non-hydrogen) atoms. The number of aromatic hydroxyl groups is 2. The van der Waals surface area contributed by atoms with Crippen LogP contribution in [0, 0.1) is 0 Å². The van der Waals surface area contributed by atoms with Crippen molar-refractivity contribution in [3.63, 3.8) is 0 Å². The summed E-state index contributed by atoms with van der Waals surface area (Å²) in [4.78, 5) is 0. The molecule has 0 atom stereocenters. The van der Waals surface area contributed by atoms with Gasteiger partial charge in [0, 0.05) is 28.2 Å². The van der Waals surface area contributed by atoms with Crippen molar-refractivity contribution in [3.05, 3.63) is 59.7 Å². The number of para-hydroxylation sites is 2. The molecule has 0 aliphatic rings. The first-order valence-electron chi connectivity index (χ1n) is 5.60. The van der Waals surface area contributed by atoms with E-state index in [2.05, 4.69) is 10.3 Å². The first-order chi connectivity index (χ1) is 9.69. The van der Waals surface area contributed by atoms with E-state index in [1.807, 2.05) is 0 Å². The molecule has 0 unspecified atom stereocenters. The third-order valence-electron chi connectivity index (χ3n) is 2.27. The Morgan fingerprint density at radius 1 is 0.682 bits per heavy atom. The molecule has 2 rings (SSSR count). The van der Waals surface area contributed by atoms with E-state index in [4.69, 9.17) is 20.6 Å². The van der Waals surface area contributed by atoms with Crippen LogP contribution in [-0.2, 0) is 17.1 Å². The van der Waals surface area contributed by atoms with Crippen LogP contribution in [0.4, 0.5) is 0 Å². The first-order valence-corrected chi connectivity index (χ1v) is 5.60. The third kappa shape index (κ3) is 7.30. The van der Waals surface area contributed by atoms with Crippen LogP contribution in [0.5, 0.6) is 11.5 Å². The molecule has 7 nitrogen and oxygen atoms in total. The number of phenols is 2. The monoisotopic (exact) mass is 347 g/mol. The fourth-order valence-electron chi connectivity index (χ4n) is 1.32. The Hall–Kier alpha value is -2.54. The largest absolute Gasteiger partial charge is 0.507 e. The van der Waals surface area contributed by atoms with Crippen molar-refractivity contribution in [1.29, 1.82) is 0 Å². The zero-order valence-corrected chi connectivity index (χ0v) is 12.5. The van der Waals surface area contributed by atoms with Gasteiger partial charge in [-0.1, -0.05) is 34.6 Å². The Labute approximate surface area is 137 Å². The summed E-state index contributed by atoms with van der Waals surface area (Å²) >= 11 is 0. The van der Waals surface area contributed by atoms with Crippen LogP contribution in [0.15, 0.2) is 58.8 Å². The predicted octanol–water partition coefficient (Wildman–Crippen LogP) is 1.57. The summed E-state index contributed by atoms with van der Waals surface area (Å²) in [6.07, 6.45) is 2.35. The van der Waals surface area contributed by atoms with Gasteiger partial charge in [-0.25, -0.2) is 0 Å². The average Bonchev–Trinajstić information content (AvgIpc) is 2.45. The van der Waals surface area contributed by atoms with E-state index in [1.165, 1.54) is 24.6 Å². The van der Waals surface area contributed by atoms with Gasteiger partial charge in [-0.2, -0.15) is 0 Å². The van der Waals surface area contributed by atoms with Crippen molar-refractivity contribution in [2.24, 2.45) is 10.3 Å². The molecule has 0 aromatic heterocycles. The number of oxime groups is 2. The molecule has 6 N–H and O–H groups in total. The summed E-state index contributed by atoms with van der Waals surface area (Å²) in [6, 6.07) is 13.2. The number of phenolic OH excluding ortho intramolecular Hbond substituents is 2. The molecule has 1 radical (unpaired) electrons. The Kier molecular flexibility index (Phi) is 12.1. The van der Waals surface area contributed by atoms with Crippen molar-refractivity contribution in [3.8, 4) is 11.5 Å². The topological polar surface area (TPSA) is 137 Å². The van der Waals surface area contributed by atoms with Crippen LogP contribution >= 0.6 is 0 Å². The second-order valence-corrected chi connectivity index (χ2v) is 3.61. The summed E-state index contributed by atoms with van der Waals surface area (Å²) < 4.78 is 0. The van der Waals surface area contributed by atoms with Crippen LogP contribution in [0.3, 0.4) is 0 Å². The minimum Gasteiger partial charge on any atom is -0.507 e. The van der Waals surface area contributed by atoms with E-state index >= 15 is 0 Å². The number of hydrogen-bond acceptors (Lipinski definition) is 6. The van der Waals surface area contributed by atoms with Gasteiger partial charge in [0.05, 0.1) is 12.4 Å². The van der Waals surface area contributed by atoms with Crippen molar-refractivity contribution >= 4 is 12.4 Å². The molecule has 0 heterocycles. The second kappa shape index (κ2) is 12.2.